The van der Waals surface area contributed by atoms with Crippen LogP contribution in [0.4, 0.5) is 0 Å². The first-order chi connectivity index (χ1) is 10.3. The third-order valence-electron chi connectivity index (χ3n) is 3.25. The minimum Gasteiger partial charge on any atom is -0.357 e. The molecular formula is C20H18O. The summed E-state index contributed by atoms with van der Waals surface area (Å²) in [6.45, 7) is 4.09. The van der Waals surface area contributed by atoms with Crippen LogP contribution in [-0.4, -0.2) is 0 Å². The lowest BCUT2D eigenvalue weighted by atomic mass is 10.0. The molecule has 0 amide bonds. The highest BCUT2D eigenvalue weighted by molar-refractivity contribution is 5.27. The predicted molar refractivity (Wildman–Crippen MR) is 86.4 cm³/mol. The molecule has 2 atom stereocenters. The number of hydrogen-bond donors (Lipinski definition) is 0. The monoisotopic (exact) mass is 274 g/mol. The van der Waals surface area contributed by atoms with Gasteiger partial charge in [-0.25, -0.2) is 0 Å². The molecule has 0 aliphatic heterocycles. The molecule has 0 aliphatic carbocycles. The van der Waals surface area contributed by atoms with E-state index < -0.39 is 0 Å². The van der Waals surface area contributed by atoms with Crippen molar-refractivity contribution in [2.24, 2.45) is 0 Å². The summed E-state index contributed by atoms with van der Waals surface area (Å²) in [5.74, 6) is 6.35. The molecule has 0 bridgehead atoms. The Balaban J connectivity index is 1.88. The fourth-order valence-electron chi connectivity index (χ4n) is 1.91. The predicted octanol–water partition coefficient (Wildman–Crippen LogP) is 4.53. The van der Waals surface area contributed by atoms with Crippen LogP contribution in [0.15, 0.2) is 60.7 Å². The largest absolute Gasteiger partial charge is 0.357 e. The van der Waals surface area contributed by atoms with E-state index in [1.807, 2.05) is 50.2 Å². The standard InChI is InChI=1S/C20H18O/c1-17(19-9-5-3-6-10-19)13-15-21-16-14-18(2)20-11-7-4-8-12-20/h3-12,17-18H,1-2H3. The van der Waals surface area contributed by atoms with E-state index in [4.69, 9.17) is 4.74 Å². The van der Waals surface area contributed by atoms with Crippen molar-refractivity contribution in [2.75, 3.05) is 0 Å². The molecule has 1 nitrogen and oxygen atoms in total. The first kappa shape index (κ1) is 14.8. The smallest absolute Gasteiger partial charge is 0.130 e. The van der Waals surface area contributed by atoms with Gasteiger partial charge in [0.1, 0.15) is 12.2 Å². The lowest BCUT2D eigenvalue weighted by molar-refractivity contribution is 0.476. The zero-order valence-electron chi connectivity index (χ0n) is 12.3. The van der Waals surface area contributed by atoms with Gasteiger partial charge in [0.2, 0.25) is 0 Å². The van der Waals surface area contributed by atoms with Gasteiger partial charge in [-0.3, -0.25) is 0 Å². The molecule has 21 heavy (non-hydrogen) atoms. The quantitative estimate of drug-likeness (QED) is 0.731. The number of hydrogen-bond acceptors (Lipinski definition) is 1. The van der Waals surface area contributed by atoms with E-state index >= 15 is 0 Å². The number of rotatable bonds is 2. The Bertz CT molecular complexity index is 604. The third-order valence-corrected chi connectivity index (χ3v) is 3.25. The normalized spacial score (nSPS) is 12.1. The molecule has 0 aliphatic rings. The van der Waals surface area contributed by atoms with Gasteiger partial charge < -0.3 is 4.74 Å². The van der Waals surface area contributed by atoms with Gasteiger partial charge in [0, 0.05) is 11.8 Å². The summed E-state index contributed by atoms with van der Waals surface area (Å²) < 4.78 is 5.10. The Morgan fingerprint density at radius 2 is 1.05 bits per heavy atom. The minimum atomic E-state index is 0.138. The number of ether oxygens (including phenoxy) is 1. The van der Waals surface area contributed by atoms with Crippen molar-refractivity contribution in [3.63, 3.8) is 0 Å². The average Bonchev–Trinajstić information content (AvgIpc) is 2.55. The van der Waals surface area contributed by atoms with E-state index in [1.54, 1.807) is 0 Å². The maximum Gasteiger partial charge on any atom is 0.130 e. The van der Waals surface area contributed by atoms with Gasteiger partial charge in [0.15, 0.2) is 0 Å². The molecule has 2 rings (SSSR count). The van der Waals surface area contributed by atoms with Gasteiger partial charge in [0.05, 0.1) is 0 Å². The van der Waals surface area contributed by atoms with E-state index in [1.165, 1.54) is 11.1 Å². The molecule has 104 valence electrons. The lowest BCUT2D eigenvalue weighted by Crippen LogP contribution is -1.89. The number of benzene rings is 2. The topological polar surface area (TPSA) is 9.23 Å². The summed E-state index contributed by atoms with van der Waals surface area (Å²) in [4.78, 5) is 0. The SMILES string of the molecule is CC(C#COC#CC(C)c1ccccc1)c1ccccc1. The molecule has 0 N–H and O–H groups in total. The molecule has 0 spiro atoms. The molecule has 2 aromatic rings. The fraction of sp³-hybridized carbons (Fsp3) is 0.200. The van der Waals surface area contributed by atoms with E-state index in [-0.39, 0.29) is 11.8 Å². The molecule has 0 radical (unpaired) electrons. The third kappa shape index (κ3) is 4.75. The Morgan fingerprint density at radius 1 is 0.667 bits per heavy atom. The summed E-state index contributed by atoms with van der Waals surface area (Å²) in [6.07, 6.45) is 5.33. The van der Waals surface area contributed by atoms with Gasteiger partial charge in [-0.15, -0.1) is 0 Å². The van der Waals surface area contributed by atoms with Crippen LogP contribution in [0.25, 0.3) is 0 Å². The van der Waals surface area contributed by atoms with Crippen LogP contribution in [0.5, 0.6) is 0 Å². The van der Waals surface area contributed by atoms with Crippen molar-refractivity contribution in [1.29, 1.82) is 0 Å². The first-order valence-electron chi connectivity index (χ1n) is 7.04. The van der Waals surface area contributed by atoms with Crippen LogP contribution < -0.4 is 0 Å². The summed E-state index contributed by atoms with van der Waals surface area (Å²) in [5.41, 5.74) is 2.36. The van der Waals surface area contributed by atoms with Crippen molar-refractivity contribution in [3.05, 3.63) is 71.8 Å². The highest BCUT2D eigenvalue weighted by atomic mass is 16.5. The molecule has 2 unspecified atom stereocenters. The maximum absolute atomic E-state index is 5.10. The van der Waals surface area contributed by atoms with Crippen LogP contribution in [0.1, 0.15) is 36.8 Å². The summed E-state index contributed by atoms with van der Waals surface area (Å²) in [7, 11) is 0. The van der Waals surface area contributed by atoms with Crippen molar-refractivity contribution < 1.29 is 4.74 Å². The van der Waals surface area contributed by atoms with E-state index in [2.05, 4.69) is 48.3 Å². The van der Waals surface area contributed by atoms with Crippen LogP contribution in [0.2, 0.25) is 0 Å². The molecule has 0 heterocycles. The van der Waals surface area contributed by atoms with Gasteiger partial charge in [-0.05, 0) is 25.0 Å². The molecule has 0 saturated heterocycles. The Kier molecular flexibility index (Phi) is 5.50. The van der Waals surface area contributed by atoms with Gasteiger partial charge in [-0.2, -0.15) is 0 Å². The summed E-state index contributed by atoms with van der Waals surface area (Å²) >= 11 is 0. The summed E-state index contributed by atoms with van der Waals surface area (Å²) in [6, 6.07) is 20.3. The van der Waals surface area contributed by atoms with Crippen LogP contribution in [0.3, 0.4) is 0 Å². The van der Waals surface area contributed by atoms with Gasteiger partial charge >= 0.3 is 0 Å². The zero-order valence-corrected chi connectivity index (χ0v) is 12.3. The Morgan fingerprint density at radius 3 is 1.43 bits per heavy atom. The van der Waals surface area contributed by atoms with Crippen LogP contribution in [0, 0.1) is 24.1 Å². The Labute approximate surface area is 127 Å². The molecule has 0 saturated carbocycles. The second kappa shape index (κ2) is 7.83. The molecule has 2 aromatic carbocycles. The second-order valence-electron chi connectivity index (χ2n) is 4.86. The van der Waals surface area contributed by atoms with E-state index in [0.717, 1.165) is 0 Å². The molecule has 0 fully saturated rings. The first-order valence-corrected chi connectivity index (χ1v) is 7.04. The summed E-state index contributed by atoms with van der Waals surface area (Å²) in [5, 5.41) is 0. The highest BCUT2D eigenvalue weighted by Gasteiger charge is 2.00. The van der Waals surface area contributed by atoms with Crippen molar-refractivity contribution in [3.8, 4) is 24.1 Å². The highest BCUT2D eigenvalue weighted by Crippen LogP contribution is 2.13. The fourth-order valence-corrected chi connectivity index (χ4v) is 1.91. The Hall–Kier alpha value is -2.64. The minimum absolute atomic E-state index is 0.138. The second-order valence-corrected chi connectivity index (χ2v) is 4.86. The van der Waals surface area contributed by atoms with Gasteiger partial charge in [-0.1, -0.05) is 72.5 Å². The van der Waals surface area contributed by atoms with Crippen LogP contribution in [-0.2, 0) is 4.74 Å². The zero-order chi connectivity index (χ0) is 14.9. The average molecular weight is 274 g/mol. The molecule has 1 heteroatoms. The van der Waals surface area contributed by atoms with Crippen molar-refractivity contribution in [1.82, 2.24) is 0 Å². The van der Waals surface area contributed by atoms with E-state index in [0.29, 0.717) is 0 Å². The van der Waals surface area contributed by atoms with Crippen molar-refractivity contribution >= 4 is 0 Å². The lowest BCUT2D eigenvalue weighted by Gasteiger charge is -2.02. The molecular weight excluding hydrogens is 256 g/mol. The van der Waals surface area contributed by atoms with Gasteiger partial charge in [0.25, 0.3) is 0 Å². The van der Waals surface area contributed by atoms with E-state index in [9.17, 15) is 0 Å². The van der Waals surface area contributed by atoms with Crippen LogP contribution >= 0.6 is 0 Å². The van der Waals surface area contributed by atoms with Crippen molar-refractivity contribution in [2.45, 2.75) is 25.7 Å². The maximum atomic E-state index is 5.10. The molecule has 0 aromatic heterocycles.